The van der Waals surface area contributed by atoms with Gasteiger partial charge in [-0.1, -0.05) is 11.8 Å². The Morgan fingerprint density at radius 1 is 1.34 bits per heavy atom. The van der Waals surface area contributed by atoms with Crippen LogP contribution in [0.3, 0.4) is 0 Å². The lowest BCUT2D eigenvalue weighted by Gasteiger charge is -2.14. The van der Waals surface area contributed by atoms with Crippen LogP contribution in [0.5, 0.6) is 11.5 Å². The number of nitrogens with one attached hydrogen (secondary N) is 1. The molecule has 1 unspecified atom stereocenters. The van der Waals surface area contributed by atoms with Gasteiger partial charge in [0, 0.05) is 6.07 Å². The maximum absolute atomic E-state index is 12.7. The zero-order valence-electron chi connectivity index (χ0n) is 16.2. The summed E-state index contributed by atoms with van der Waals surface area (Å²) in [4.78, 5) is 29.7. The number of methoxy groups -OCH3 is 2. The number of thioether (sulfide) groups is 1. The van der Waals surface area contributed by atoms with Gasteiger partial charge in [-0.25, -0.2) is 4.98 Å². The van der Waals surface area contributed by atoms with Crippen LogP contribution in [0.15, 0.2) is 39.6 Å². The van der Waals surface area contributed by atoms with Crippen LogP contribution < -0.4 is 20.3 Å². The van der Waals surface area contributed by atoms with Crippen molar-refractivity contribution < 1.29 is 19.4 Å². The van der Waals surface area contributed by atoms with E-state index in [1.54, 1.807) is 43.7 Å². The first-order chi connectivity index (χ1) is 13.9. The normalized spacial score (nSPS) is 12.0. The Hall–Kier alpha value is -2.56. The minimum absolute atomic E-state index is 0.0388. The average molecular weight is 436 g/mol. The number of aliphatic hydroxyl groups excluding tert-OH is 1. The van der Waals surface area contributed by atoms with Gasteiger partial charge in [-0.3, -0.25) is 14.2 Å². The second kappa shape index (κ2) is 9.29. The van der Waals surface area contributed by atoms with Gasteiger partial charge in [-0.15, -0.1) is 11.3 Å². The number of amides is 1. The fraction of sp³-hybridized carbons (Fsp3) is 0.316. The summed E-state index contributed by atoms with van der Waals surface area (Å²) >= 11 is 2.44. The summed E-state index contributed by atoms with van der Waals surface area (Å²) in [5, 5.41) is 14.7. The molecule has 3 aromatic rings. The monoisotopic (exact) mass is 435 g/mol. The summed E-state index contributed by atoms with van der Waals surface area (Å²) in [6, 6.07) is 6.85. The molecule has 0 fully saturated rings. The van der Waals surface area contributed by atoms with Crippen molar-refractivity contribution >= 4 is 44.9 Å². The molecule has 1 atom stereocenters. The Morgan fingerprint density at radius 3 is 2.83 bits per heavy atom. The van der Waals surface area contributed by atoms with E-state index in [1.165, 1.54) is 23.0 Å². The number of nitrogens with zero attached hydrogens (tertiary/aromatic N) is 2. The van der Waals surface area contributed by atoms with Crippen molar-refractivity contribution in [3.63, 3.8) is 0 Å². The summed E-state index contributed by atoms with van der Waals surface area (Å²) in [5.41, 5.74) is 0.883. The third-order valence-corrected chi connectivity index (χ3v) is 5.86. The van der Waals surface area contributed by atoms with Gasteiger partial charge in [0.05, 0.1) is 43.8 Å². The van der Waals surface area contributed by atoms with E-state index in [0.29, 0.717) is 32.6 Å². The zero-order valence-corrected chi connectivity index (χ0v) is 17.8. The first-order valence-corrected chi connectivity index (χ1v) is 10.6. The molecular weight excluding hydrogens is 414 g/mol. The number of ether oxygens (including phenoxy) is 2. The maximum atomic E-state index is 12.7. The molecule has 0 saturated carbocycles. The van der Waals surface area contributed by atoms with Gasteiger partial charge >= 0.3 is 0 Å². The molecule has 2 aromatic heterocycles. The highest BCUT2D eigenvalue weighted by Gasteiger charge is 2.16. The molecule has 29 heavy (non-hydrogen) atoms. The molecule has 0 aliphatic carbocycles. The molecule has 0 spiro atoms. The summed E-state index contributed by atoms with van der Waals surface area (Å²) < 4.78 is 12.4. The minimum atomic E-state index is -0.719. The van der Waals surface area contributed by atoms with Crippen LogP contribution in [0.2, 0.25) is 0 Å². The zero-order chi connectivity index (χ0) is 21.0. The highest BCUT2D eigenvalue weighted by molar-refractivity contribution is 7.99. The molecule has 0 aliphatic heterocycles. The Kier molecular flexibility index (Phi) is 6.78. The predicted octanol–water partition coefficient (Wildman–Crippen LogP) is 2.59. The van der Waals surface area contributed by atoms with Gasteiger partial charge in [-0.05, 0) is 30.5 Å². The van der Waals surface area contributed by atoms with Crippen LogP contribution >= 0.6 is 23.1 Å². The van der Waals surface area contributed by atoms with E-state index in [2.05, 4.69) is 10.3 Å². The molecule has 8 nitrogen and oxygen atoms in total. The first kappa shape index (κ1) is 21.2. The molecule has 0 bridgehead atoms. The molecule has 154 valence electrons. The molecule has 0 saturated heterocycles. The van der Waals surface area contributed by atoms with Crippen molar-refractivity contribution in [2.75, 3.05) is 25.3 Å². The maximum Gasteiger partial charge on any atom is 0.272 e. The lowest BCUT2D eigenvalue weighted by molar-refractivity contribution is -0.113. The van der Waals surface area contributed by atoms with Crippen LogP contribution in [-0.2, 0) is 11.3 Å². The average Bonchev–Trinajstić information content (AvgIpc) is 3.17. The van der Waals surface area contributed by atoms with E-state index >= 15 is 0 Å². The molecular formula is C19H21N3O5S2. The van der Waals surface area contributed by atoms with Gasteiger partial charge in [0.15, 0.2) is 5.16 Å². The Morgan fingerprint density at radius 2 is 2.14 bits per heavy atom. The van der Waals surface area contributed by atoms with E-state index in [9.17, 15) is 14.7 Å². The predicted molar refractivity (Wildman–Crippen MR) is 114 cm³/mol. The van der Waals surface area contributed by atoms with Crippen molar-refractivity contribution in [2.24, 2.45) is 0 Å². The van der Waals surface area contributed by atoms with Crippen molar-refractivity contribution in [3.8, 4) is 11.5 Å². The summed E-state index contributed by atoms with van der Waals surface area (Å²) in [7, 11) is 3.06. The lowest BCUT2D eigenvalue weighted by atomic mass is 10.2. The summed E-state index contributed by atoms with van der Waals surface area (Å²) in [6.07, 6.45) is -0.719. The Labute approximate surface area is 175 Å². The largest absolute Gasteiger partial charge is 0.497 e. The summed E-state index contributed by atoms with van der Waals surface area (Å²) in [6.45, 7) is 1.71. The van der Waals surface area contributed by atoms with E-state index in [0.717, 1.165) is 11.8 Å². The second-order valence-corrected chi connectivity index (χ2v) is 8.06. The number of carbonyl (C=O) groups is 1. The van der Waals surface area contributed by atoms with Gasteiger partial charge < -0.3 is 19.9 Å². The fourth-order valence-corrected chi connectivity index (χ4v) is 4.26. The molecule has 1 amide bonds. The van der Waals surface area contributed by atoms with Gasteiger partial charge in [-0.2, -0.15) is 0 Å². The van der Waals surface area contributed by atoms with Crippen LogP contribution in [-0.4, -0.2) is 46.6 Å². The SMILES string of the molecule is COc1ccc(NC(=O)CSc2nc3ccsc3c(=O)n2CC(C)O)c(OC)c1. The van der Waals surface area contributed by atoms with E-state index in [4.69, 9.17) is 9.47 Å². The number of rotatable bonds is 8. The third kappa shape index (κ3) is 4.89. The topological polar surface area (TPSA) is 103 Å². The number of hydrogen-bond donors (Lipinski definition) is 2. The molecule has 2 heterocycles. The second-order valence-electron chi connectivity index (χ2n) is 6.20. The molecule has 2 N–H and O–H groups in total. The number of thiophene rings is 1. The highest BCUT2D eigenvalue weighted by atomic mass is 32.2. The van der Waals surface area contributed by atoms with E-state index < -0.39 is 6.10 Å². The number of aromatic nitrogens is 2. The Balaban J connectivity index is 1.78. The van der Waals surface area contributed by atoms with Crippen molar-refractivity contribution in [1.29, 1.82) is 0 Å². The van der Waals surface area contributed by atoms with Crippen LogP contribution in [0, 0.1) is 0 Å². The summed E-state index contributed by atoms with van der Waals surface area (Å²) in [5.74, 6) is 0.856. The van der Waals surface area contributed by atoms with E-state index in [1.807, 2.05) is 0 Å². The number of hydrogen-bond acceptors (Lipinski definition) is 8. The van der Waals surface area contributed by atoms with Crippen LogP contribution in [0.4, 0.5) is 5.69 Å². The Bertz CT molecular complexity index is 1080. The van der Waals surface area contributed by atoms with E-state index in [-0.39, 0.29) is 23.8 Å². The van der Waals surface area contributed by atoms with Gasteiger partial charge in [0.1, 0.15) is 16.2 Å². The number of carbonyl (C=O) groups excluding carboxylic acids is 1. The third-order valence-electron chi connectivity index (χ3n) is 3.99. The number of benzene rings is 1. The number of anilines is 1. The number of aliphatic hydroxyl groups is 1. The highest BCUT2D eigenvalue weighted by Crippen LogP contribution is 2.29. The molecule has 1 aromatic carbocycles. The first-order valence-electron chi connectivity index (χ1n) is 8.73. The van der Waals surface area contributed by atoms with Gasteiger partial charge in [0.25, 0.3) is 5.56 Å². The molecule has 0 aliphatic rings. The molecule has 3 rings (SSSR count). The molecule has 0 radical (unpaired) electrons. The fourth-order valence-electron chi connectivity index (χ4n) is 2.68. The van der Waals surface area contributed by atoms with Crippen molar-refractivity contribution in [1.82, 2.24) is 9.55 Å². The quantitative estimate of drug-likeness (QED) is 0.414. The van der Waals surface area contributed by atoms with Crippen molar-refractivity contribution in [2.45, 2.75) is 24.7 Å². The number of fused-ring (bicyclic) bond motifs is 1. The minimum Gasteiger partial charge on any atom is -0.497 e. The molecule has 10 heteroatoms. The standard InChI is InChI=1S/C19H21N3O5S2/c1-11(23)9-22-18(25)17-14(6-7-28-17)21-19(22)29-10-16(24)20-13-5-4-12(26-2)8-15(13)27-3/h4-8,11,23H,9-10H2,1-3H3,(H,20,24). The smallest absolute Gasteiger partial charge is 0.272 e. The van der Waals surface area contributed by atoms with Crippen LogP contribution in [0.1, 0.15) is 6.92 Å². The lowest BCUT2D eigenvalue weighted by Crippen LogP contribution is -2.27. The van der Waals surface area contributed by atoms with Gasteiger partial charge in [0.2, 0.25) is 5.91 Å². The van der Waals surface area contributed by atoms with Crippen LogP contribution in [0.25, 0.3) is 10.2 Å². The van der Waals surface area contributed by atoms with Crippen molar-refractivity contribution in [3.05, 3.63) is 40.0 Å².